The number of carbonyl (C=O) groups excluding carboxylic acids is 1. The summed E-state index contributed by atoms with van der Waals surface area (Å²) in [5.41, 5.74) is 1.14. The monoisotopic (exact) mass is 311 g/mol. The number of hydrogen-bond donors (Lipinski definition) is 2. The number of thioether (sulfide) groups is 1. The van der Waals surface area contributed by atoms with E-state index >= 15 is 0 Å². The van der Waals surface area contributed by atoms with E-state index in [2.05, 4.69) is 5.32 Å². The Morgan fingerprint density at radius 1 is 1.33 bits per heavy atom. The fraction of sp³-hybridized carbons (Fsp3) is 0.467. The fourth-order valence-electron chi connectivity index (χ4n) is 1.66. The number of carbonyl (C=O) groups is 2. The first kappa shape index (κ1) is 17.4. The van der Waals surface area contributed by atoms with Crippen LogP contribution in [0.4, 0.5) is 0 Å². The molecule has 6 heteroatoms. The van der Waals surface area contributed by atoms with Crippen LogP contribution in [0, 0.1) is 6.92 Å². The van der Waals surface area contributed by atoms with E-state index in [1.165, 1.54) is 0 Å². The number of aliphatic carboxylic acids is 1. The van der Waals surface area contributed by atoms with Crippen molar-refractivity contribution in [3.63, 3.8) is 0 Å². The van der Waals surface area contributed by atoms with Crippen LogP contribution >= 0.6 is 11.8 Å². The van der Waals surface area contributed by atoms with Crippen molar-refractivity contribution >= 4 is 23.6 Å². The van der Waals surface area contributed by atoms with Gasteiger partial charge >= 0.3 is 5.97 Å². The topological polar surface area (TPSA) is 75.6 Å². The van der Waals surface area contributed by atoms with Gasteiger partial charge in [-0.1, -0.05) is 17.7 Å². The van der Waals surface area contributed by atoms with Crippen LogP contribution in [0.5, 0.6) is 5.75 Å². The minimum absolute atomic E-state index is 0.136. The first-order chi connectivity index (χ1) is 10.0. The first-order valence-electron chi connectivity index (χ1n) is 6.73. The van der Waals surface area contributed by atoms with E-state index in [0.717, 1.165) is 5.56 Å². The van der Waals surface area contributed by atoms with Crippen molar-refractivity contribution in [3.8, 4) is 5.75 Å². The molecule has 1 aromatic rings. The molecule has 0 saturated carbocycles. The van der Waals surface area contributed by atoms with Gasteiger partial charge in [-0.3, -0.25) is 4.79 Å². The molecular formula is C15H21NO4S. The van der Waals surface area contributed by atoms with E-state index in [9.17, 15) is 9.59 Å². The molecular weight excluding hydrogens is 290 g/mol. The molecule has 0 unspecified atom stereocenters. The van der Waals surface area contributed by atoms with Crippen LogP contribution in [-0.2, 0) is 9.59 Å². The number of amides is 1. The van der Waals surface area contributed by atoms with Crippen LogP contribution in [0.2, 0.25) is 0 Å². The summed E-state index contributed by atoms with van der Waals surface area (Å²) in [5.74, 6) is 0.0787. The number of carboxylic acid groups (broad SMARTS) is 1. The predicted molar refractivity (Wildman–Crippen MR) is 83.9 cm³/mol. The Morgan fingerprint density at radius 2 is 2.00 bits per heavy atom. The lowest BCUT2D eigenvalue weighted by atomic mass is 10.2. The molecule has 0 saturated heterocycles. The van der Waals surface area contributed by atoms with Gasteiger partial charge < -0.3 is 15.2 Å². The van der Waals surface area contributed by atoms with Gasteiger partial charge in [-0.15, -0.1) is 0 Å². The Kier molecular flexibility index (Phi) is 7.68. The molecule has 1 aromatic carbocycles. The summed E-state index contributed by atoms with van der Waals surface area (Å²) >= 11 is 1.55. The Hall–Kier alpha value is -1.69. The number of carboxylic acids is 1. The van der Waals surface area contributed by atoms with Crippen LogP contribution in [0.15, 0.2) is 24.3 Å². The van der Waals surface area contributed by atoms with E-state index in [1.807, 2.05) is 37.4 Å². The summed E-state index contributed by atoms with van der Waals surface area (Å²) in [6.45, 7) is 2.21. The lowest BCUT2D eigenvalue weighted by Gasteiger charge is -2.14. The fourth-order valence-corrected chi connectivity index (χ4v) is 2.13. The SMILES string of the molecule is CSCC[C@@H](NC(=O)CCOc1ccc(C)cc1)C(=O)O. The molecule has 0 aliphatic rings. The van der Waals surface area contributed by atoms with Crippen LogP contribution in [0.3, 0.4) is 0 Å². The molecule has 0 aromatic heterocycles. The van der Waals surface area contributed by atoms with Crippen molar-refractivity contribution in [2.45, 2.75) is 25.8 Å². The maximum Gasteiger partial charge on any atom is 0.326 e. The van der Waals surface area contributed by atoms with Crippen LogP contribution < -0.4 is 10.1 Å². The average molecular weight is 311 g/mol. The van der Waals surface area contributed by atoms with E-state index in [1.54, 1.807) is 11.8 Å². The molecule has 116 valence electrons. The van der Waals surface area contributed by atoms with Gasteiger partial charge in [0, 0.05) is 0 Å². The molecule has 0 bridgehead atoms. The van der Waals surface area contributed by atoms with Crippen molar-refractivity contribution < 1.29 is 19.4 Å². The van der Waals surface area contributed by atoms with Crippen LogP contribution in [-0.4, -0.2) is 41.6 Å². The third-order valence-corrected chi connectivity index (χ3v) is 3.51. The predicted octanol–water partition coefficient (Wildman–Crippen LogP) is 2.09. The van der Waals surface area contributed by atoms with Gasteiger partial charge in [0.05, 0.1) is 13.0 Å². The van der Waals surface area contributed by atoms with Crippen molar-refractivity contribution in [1.82, 2.24) is 5.32 Å². The third kappa shape index (κ3) is 7.04. The zero-order valence-corrected chi connectivity index (χ0v) is 13.1. The summed E-state index contributed by atoms with van der Waals surface area (Å²) in [5, 5.41) is 11.5. The highest BCUT2D eigenvalue weighted by Crippen LogP contribution is 2.11. The summed E-state index contributed by atoms with van der Waals surface area (Å²) < 4.78 is 5.44. The number of ether oxygens (including phenoxy) is 1. The van der Waals surface area contributed by atoms with E-state index in [-0.39, 0.29) is 18.9 Å². The lowest BCUT2D eigenvalue weighted by Crippen LogP contribution is -2.41. The van der Waals surface area contributed by atoms with Gasteiger partial charge in [0.1, 0.15) is 11.8 Å². The molecule has 0 spiro atoms. The van der Waals surface area contributed by atoms with Gasteiger partial charge in [0.2, 0.25) is 5.91 Å². The summed E-state index contributed by atoms with van der Waals surface area (Å²) in [4.78, 5) is 22.7. The molecule has 0 fully saturated rings. The van der Waals surface area contributed by atoms with Gasteiger partial charge in [0.15, 0.2) is 0 Å². The molecule has 0 aliphatic carbocycles. The maximum atomic E-state index is 11.7. The highest BCUT2D eigenvalue weighted by molar-refractivity contribution is 7.98. The number of rotatable bonds is 9. The normalized spacial score (nSPS) is 11.7. The third-order valence-electron chi connectivity index (χ3n) is 2.86. The Balaban J connectivity index is 2.32. The zero-order chi connectivity index (χ0) is 15.7. The van der Waals surface area contributed by atoms with Crippen molar-refractivity contribution in [2.75, 3.05) is 18.6 Å². The van der Waals surface area contributed by atoms with Gasteiger partial charge in [-0.25, -0.2) is 4.79 Å². The standard InChI is InChI=1S/C15H21NO4S/c1-11-3-5-12(6-4-11)20-9-7-14(17)16-13(15(18)19)8-10-21-2/h3-6,13H,7-10H2,1-2H3,(H,16,17)(H,18,19)/t13-/m1/s1. The second kappa shape index (κ2) is 9.28. The van der Waals surface area contributed by atoms with Gasteiger partial charge in [0.25, 0.3) is 0 Å². The van der Waals surface area contributed by atoms with Gasteiger partial charge in [-0.05, 0) is 37.5 Å². The second-order valence-electron chi connectivity index (χ2n) is 4.65. The number of hydrogen-bond acceptors (Lipinski definition) is 4. The number of aryl methyl sites for hydroxylation is 1. The highest BCUT2D eigenvalue weighted by atomic mass is 32.2. The maximum absolute atomic E-state index is 11.7. The van der Waals surface area contributed by atoms with Crippen LogP contribution in [0.1, 0.15) is 18.4 Å². The largest absolute Gasteiger partial charge is 0.493 e. The molecule has 0 heterocycles. The quantitative estimate of drug-likeness (QED) is 0.730. The minimum atomic E-state index is -1.00. The molecule has 1 rings (SSSR count). The second-order valence-corrected chi connectivity index (χ2v) is 5.64. The summed E-state index contributed by atoms with van der Waals surface area (Å²) in [6, 6.07) is 6.71. The van der Waals surface area contributed by atoms with Crippen LogP contribution in [0.25, 0.3) is 0 Å². The summed E-state index contributed by atoms with van der Waals surface area (Å²) in [7, 11) is 0. The van der Waals surface area contributed by atoms with E-state index in [4.69, 9.17) is 9.84 Å². The van der Waals surface area contributed by atoms with E-state index < -0.39 is 12.0 Å². The molecule has 0 aliphatic heterocycles. The molecule has 21 heavy (non-hydrogen) atoms. The Morgan fingerprint density at radius 3 is 2.57 bits per heavy atom. The molecule has 0 radical (unpaired) electrons. The van der Waals surface area contributed by atoms with Crippen molar-refractivity contribution in [1.29, 1.82) is 0 Å². The zero-order valence-electron chi connectivity index (χ0n) is 12.3. The molecule has 1 atom stereocenters. The first-order valence-corrected chi connectivity index (χ1v) is 8.13. The lowest BCUT2D eigenvalue weighted by molar-refractivity contribution is -0.141. The number of nitrogens with one attached hydrogen (secondary N) is 1. The molecule has 1 amide bonds. The molecule has 2 N–H and O–H groups in total. The van der Waals surface area contributed by atoms with E-state index in [0.29, 0.717) is 17.9 Å². The summed E-state index contributed by atoms with van der Waals surface area (Å²) in [6.07, 6.45) is 2.45. The van der Waals surface area contributed by atoms with Crippen molar-refractivity contribution in [2.24, 2.45) is 0 Å². The average Bonchev–Trinajstić information content (AvgIpc) is 2.45. The smallest absolute Gasteiger partial charge is 0.326 e. The van der Waals surface area contributed by atoms with Gasteiger partial charge in [-0.2, -0.15) is 11.8 Å². The van der Waals surface area contributed by atoms with Crippen molar-refractivity contribution in [3.05, 3.63) is 29.8 Å². The Bertz CT molecular complexity index is 461. The Labute approximate surface area is 129 Å². The highest BCUT2D eigenvalue weighted by Gasteiger charge is 2.19. The minimum Gasteiger partial charge on any atom is -0.493 e. The number of benzene rings is 1. The molecule has 5 nitrogen and oxygen atoms in total.